The van der Waals surface area contributed by atoms with Gasteiger partial charge in [-0.3, -0.25) is 4.79 Å². The van der Waals surface area contributed by atoms with E-state index in [1.54, 1.807) is 25.3 Å². The number of amides is 1. The van der Waals surface area contributed by atoms with Crippen LogP contribution in [0, 0.1) is 11.3 Å². The summed E-state index contributed by atoms with van der Waals surface area (Å²) in [4.78, 5) is 12.1. The van der Waals surface area contributed by atoms with Crippen LogP contribution < -0.4 is 10.1 Å². The summed E-state index contributed by atoms with van der Waals surface area (Å²) in [6.45, 7) is 1.16. The highest BCUT2D eigenvalue weighted by Crippen LogP contribution is 2.35. The van der Waals surface area contributed by atoms with Crippen LogP contribution in [-0.4, -0.2) is 32.3 Å². The van der Waals surface area contributed by atoms with Gasteiger partial charge >= 0.3 is 0 Å². The van der Waals surface area contributed by atoms with Gasteiger partial charge in [0.2, 0.25) is 0 Å². The minimum Gasteiger partial charge on any atom is -0.494 e. The van der Waals surface area contributed by atoms with E-state index in [1.165, 1.54) is 0 Å². The second kappa shape index (κ2) is 8.48. The van der Waals surface area contributed by atoms with Crippen LogP contribution in [0.5, 0.6) is 5.75 Å². The molecule has 0 radical (unpaired) electrons. The van der Waals surface area contributed by atoms with Gasteiger partial charge in [0.1, 0.15) is 17.4 Å². The molecule has 1 aliphatic rings. The van der Waals surface area contributed by atoms with Crippen LogP contribution in [0.1, 0.15) is 18.4 Å². The lowest BCUT2D eigenvalue weighted by atomic mass is 10.1. The van der Waals surface area contributed by atoms with Crippen molar-refractivity contribution in [1.29, 1.82) is 5.26 Å². The van der Waals surface area contributed by atoms with E-state index < -0.39 is 5.91 Å². The molecule has 1 fully saturated rings. The molecule has 0 spiro atoms. The molecule has 7 heteroatoms. The van der Waals surface area contributed by atoms with Crippen LogP contribution in [0.3, 0.4) is 0 Å². The van der Waals surface area contributed by atoms with Crippen LogP contribution in [0.15, 0.2) is 26.7 Å². The third-order valence-electron chi connectivity index (χ3n) is 3.42. The van der Waals surface area contributed by atoms with Crippen LogP contribution in [0.4, 0.5) is 0 Å². The van der Waals surface area contributed by atoms with Gasteiger partial charge in [0.25, 0.3) is 5.91 Å². The van der Waals surface area contributed by atoms with Crippen LogP contribution in [0.25, 0.3) is 6.08 Å². The monoisotopic (exact) mass is 442 g/mol. The highest BCUT2D eigenvalue weighted by molar-refractivity contribution is 9.11. The fourth-order valence-corrected chi connectivity index (χ4v) is 3.83. The van der Waals surface area contributed by atoms with E-state index in [4.69, 9.17) is 9.47 Å². The summed E-state index contributed by atoms with van der Waals surface area (Å²) in [5, 5.41) is 12.0. The number of carbonyl (C=O) groups is 1. The number of hydrogen-bond donors (Lipinski definition) is 1. The smallest absolute Gasteiger partial charge is 0.262 e. The van der Waals surface area contributed by atoms with Gasteiger partial charge in [-0.15, -0.1) is 0 Å². The first kappa shape index (κ1) is 18.0. The molecule has 1 saturated heterocycles. The van der Waals surface area contributed by atoms with Crippen molar-refractivity contribution in [3.63, 3.8) is 0 Å². The van der Waals surface area contributed by atoms with E-state index in [-0.39, 0.29) is 11.7 Å². The van der Waals surface area contributed by atoms with E-state index in [1.807, 2.05) is 6.07 Å². The summed E-state index contributed by atoms with van der Waals surface area (Å²) < 4.78 is 12.1. The predicted octanol–water partition coefficient (Wildman–Crippen LogP) is 3.42. The fraction of sp³-hybridized carbons (Fsp3) is 0.375. The average Bonchev–Trinajstić information content (AvgIpc) is 3.03. The molecule has 2 rings (SSSR count). The zero-order valence-electron chi connectivity index (χ0n) is 12.6. The molecule has 0 aromatic heterocycles. The van der Waals surface area contributed by atoms with Gasteiger partial charge in [0.15, 0.2) is 0 Å². The zero-order valence-corrected chi connectivity index (χ0v) is 15.7. The Morgan fingerprint density at radius 3 is 2.74 bits per heavy atom. The number of nitrogens with zero attached hydrogens (tertiary/aromatic N) is 1. The number of hydrogen-bond acceptors (Lipinski definition) is 4. The SMILES string of the molecule is COc1c(Br)cc(/C=C(\C#N)C(=O)NC[C@@H]2CCCO2)cc1Br. The molecule has 1 atom stereocenters. The fourth-order valence-electron chi connectivity index (χ4n) is 2.28. The first-order valence-corrected chi connectivity index (χ1v) is 8.68. The van der Waals surface area contributed by atoms with Crippen molar-refractivity contribution in [3.05, 3.63) is 32.2 Å². The molecule has 5 nitrogen and oxygen atoms in total. The number of methoxy groups -OCH3 is 1. The van der Waals surface area contributed by atoms with Crippen molar-refractivity contribution < 1.29 is 14.3 Å². The van der Waals surface area contributed by atoms with E-state index in [0.717, 1.165) is 28.4 Å². The Hall–Kier alpha value is -1.36. The number of nitrogens with one attached hydrogen (secondary N) is 1. The molecule has 1 N–H and O–H groups in total. The zero-order chi connectivity index (χ0) is 16.8. The van der Waals surface area contributed by atoms with Crippen molar-refractivity contribution in [2.75, 3.05) is 20.3 Å². The van der Waals surface area contributed by atoms with Crippen molar-refractivity contribution >= 4 is 43.8 Å². The predicted molar refractivity (Wildman–Crippen MR) is 94.0 cm³/mol. The summed E-state index contributed by atoms with van der Waals surface area (Å²) in [5.74, 6) is 0.259. The maximum absolute atomic E-state index is 12.1. The van der Waals surface area contributed by atoms with E-state index >= 15 is 0 Å². The van der Waals surface area contributed by atoms with E-state index in [9.17, 15) is 10.1 Å². The van der Waals surface area contributed by atoms with Gasteiger partial charge in [-0.05, 0) is 68.5 Å². The molecular formula is C16H16Br2N2O3. The number of halogens is 2. The summed E-state index contributed by atoms with van der Waals surface area (Å²) >= 11 is 6.80. The van der Waals surface area contributed by atoms with E-state index in [0.29, 0.717) is 17.9 Å². The molecule has 0 bridgehead atoms. The largest absolute Gasteiger partial charge is 0.494 e. The first-order valence-electron chi connectivity index (χ1n) is 7.09. The Morgan fingerprint density at radius 2 is 2.22 bits per heavy atom. The second-order valence-corrected chi connectivity index (χ2v) is 6.74. The quantitative estimate of drug-likeness (QED) is 0.559. The molecule has 1 amide bonds. The van der Waals surface area contributed by atoms with Gasteiger partial charge in [0.05, 0.1) is 22.2 Å². The molecule has 1 heterocycles. The summed E-state index contributed by atoms with van der Waals surface area (Å²) in [5.41, 5.74) is 0.764. The molecular weight excluding hydrogens is 428 g/mol. The lowest BCUT2D eigenvalue weighted by Crippen LogP contribution is -2.32. The molecule has 0 saturated carbocycles. The molecule has 1 aromatic rings. The number of nitriles is 1. The third-order valence-corrected chi connectivity index (χ3v) is 4.59. The first-order chi connectivity index (χ1) is 11.0. The Bertz CT molecular complexity index is 639. The average molecular weight is 444 g/mol. The molecule has 23 heavy (non-hydrogen) atoms. The van der Waals surface area contributed by atoms with Gasteiger partial charge < -0.3 is 14.8 Å². The number of benzene rings is 1. The molecule has 122 valence electrons. The van der Waals surface area contributed by atoms with E-state index in [2.05, 4.69) is 37.2 Å². The van der Waals surface area contributed by atoms with Crippen LogP contribution in [0.2, 0.25) is 0 Å². The van der Waals surface area contributed by atoms with Gasteiger partial charge in [-0.1, -0.05) is 0 Å². The maximum Gasteiger partial charge on any atom is 0.262 e. The van der Waals surface area contributed by atoms with Gasteiger partial charge in [-0.2, -0.15) is 5.26 Å². The lowest BCUT2D eigenvalue weighted by Gasteiger charge is -2.10. The minimum atomic E-state index is -0.397. The number of carbonyl (C=O) groups excluding carboxylic acids is 1. The minimum absolute atomic E-state index is 0.0446. The standard InChI is InChI=1S/C16H16Br2N2O3/c1-22-15-13(17)6-10(7-14(15)18)5-11(8-19)16(21)20-9-12-3-2-4-23-12/h5-7,12H,2-4,9H2,1H3,(H,20,21)/b11-5+/t12-/m0/s1. The Kier molecular flexibility index (Phi) is 6.63. The summed E-state index contributed by atoms with van der Waals surface area (Å²) in [7, 11) is 1.57. The van der Waals surface area contributed by atoms with Crippen molar-refractivity contribution in [3.8, 4) is 11.8 Å². The Morgan fingerprint density at radius 1 is 1.52 bits per heavy atom. The number of ether oxygens (including phenoxy) is 2. The second-order valence-electron chi connectivity index (χ2n) is 5.03. The molecule has 1 aromatic carbocycles. The highest BCUT2D eigenvalue weighted by Gasteiger charge is 2.17. The van der Waals surface area contributed by atoms with Crippen LogP contribution >= 0.6 is 31.9 Å². The van der Waals surface area contributed by atoms with Gasteiger partial charge in [-0.25, -0.2) is 0 Å². The van der Waals surface area contributed by atoms with Crippen molar-refractivity contribution in [1.82, 2.24) is 5.32 Å². The van der Waals surface area contributed by atoms with Crippen LogP contribution in [-0.2, 0) is 9.53 Å². The molecule has 0 unspecified atom stereocenters. The summed E-state index contributed by atoms with van der Waals surface area (Å²) in [6.07, 6.45) is 3.53. The maximum atomic E-state index is 12.1. The molecule has 1 aliphatic heterocycles. The topological polar surface area (TPSA) is 71.3 Å². The lowest BCUT2D eigenvalue weighted by molar-refractivity contribution is -0.117. The van der Waals surface area contributed by atoms with Crippen molar-refractivity contribution in [2.24, 2.45) is 0 Å². The normalized spacial score (nSPS) is 17.7. The number of rotatable bonds is 5. The highest BCUT2D eigenvalue weighted by atomic mass is 79.9. The van der Waals surface area contributed by atoms with Gasteiger partial charge in [0, 0.05) is 13.2 Å². The summed E-state index contributed by atoms with van der Waals surface area (Å²) in [6, 6.07) is 5.51. The molecule has 0 aliphatic carbocycles. The van der Waals surface area contributed by atoms with Crippen molar-refractivity contribution in [2.45, 2.75) is 18.9 Å². The third kappa shape index (κ3) is 4.80. The Labute approximate surface area is 151 Å². The Balaban J connectivity index is 2.11.